The van der Waals surface area contributed by atoms with Crippen LogP contribution in [0.15, 0.2) is 12.1 Å². The van der Waals surface area contributed by atoms with Crippen LogP contribution < -0.4 is 0 Å². The van der Waals surface area contributed by atoms with Crippen LogP contribution >= 0.6 is 0 Å². The van der Waals surface area contributed by atoms with E-state index < -0.39 is 6.10 Å². The summed E-state index contributed by atoms with van der Waals surface area (Å²) < 4.78 is 0. The molecule has 96 valence electrons. The van der Waals surface area contributed by atoms with Gasteiger partial charge in [0.15, 0.2) is 0 Å². The molecule has 2 N–H and O–H groups in total. The highest BCUT2D eigenvalue weighted by atomic mass is 16.3. The molecule has 0 aliphatic carbocycles. The van der Waals surface area contributed by atoms with Crippen molar-refractivity contribution in [2.75, 3.05) is 0 Å². The van der Waals surface area contributed by atoms with Gasteiger partial charge in [-0.2, -0.15) is 0 Å². The summed E-state index contributed by atoms with van der Waals surface area (Å²) in [7, 11) is 0. The molecule has 0 heterocycles. The molecular formula is C15H24O2. The molecule has 0 amide bonds. The van der Waals surface area contributed by atoms with Crippen LogP contribution in [0.25, 0.3) is 0 Å². The molecule has 0 aliphatic heterocycles. The number of aryl methyl sites for hydroxylation is 1. The summed E-state index contributed by atoms with van der Waals surface area (Å²) in [5.41, 5.74) is 2.54. The van der Waals surface area contributed by atoms with Crippen LogP contribution in [0.5, 0.6) is 5.75 Å². The Morgan fingerprint density at radius 3 is 2.29 bits per heavy atom. The van der Waals surface area contributed by atoms with Crippen molar-refractivity contribution in [3.8, 4) is 5.75 Å². The van der Waals surface area contributed by atoms with Crippen molar-refractivity contribution >= 4 is 0 Å². The van der Waals surface area contributed by atoms with Crippen molar-refractivity contribution in [3.05, 3.63) is 28.8 Å². The maximum absolute atomic E-state index is 10.3. The molecule has 0 radical (unpaired) electrons. The first-order valence-corrected chi connectivity index (χ1v) is 6.29. The maximum Gasteiger partial charge on any atom is 0.125 e. The van der Waals surface area contributed by atoms with Gasteiger partial charge in [0.25, 0.3) is 0 Å². The van der Waals surface area contributed by atoms with Crippen molar-refractivity contribution in [2.24, 2.45) is 0 Å². The van der Waals surface area contributed by atoms with Crippen molar-refractivity contribution in [3.63, 3.8) is 0 Å². The summed E-state index contributed by atoms with van der Waals surface area (Å²) in [5, 5.41) is 20.3. The predicted molar refractivity (Wildman–Crippen MR) is 71.4 cm³/mol. The summed E-state index contributed by atoms with van der Waals surface area (Å²) in [5.74, 6) is 0.254. The molecule has 17 heavy (non-hydrogen) atoms. The molecule has 1 aromatic rings. The average Bonchev–Trinajstić information content (AvgIpc) is 2.19. The third-order valence-electron chi connectivity index (χ3n) is 3.01. The molecular weight excluding hydrogens is 212 g/mol. The van der Waals surface area contributed by atoms with Gasteiger partial charge in [-0.3, -0.25) is 0 Å². The second kappa shape index (κ2) is 5.09. The lowest BCUT2D eigenvalue weighted by Gasteiger charge is -2.24. The first-order chi connectivity index (χ1) is 7.77. The standard InChI is InChI=1S/C15H24O2/c1-6-7-13(16)11-8-10(2)9-12(14(11)17)15(3,4)5/h8-9,13,16-17H,6-7H2,1-5H3. The minimum absolute atomic E-state index is 0.114. The van der Waals surface area contributed by atoms with Crippen LogP contribution in [-0.4, -0.2) is 10.2 Å². The molecule has 0 bridgehead atoms. The van der Waals surface area contributed by atoms with Gasteiger partial charge in [-0.05, 0) is 30.4 Å². The smallest absolute Gasteiger partial charge is 0.125 e. The van der Waals surface area contributed by atoms with E-state index in [0.29, 0.717) is 12.0 Å². The van der Waals surface area contributed by atoms with Gasteiger partial charge in [0.2, 0.25) is 0 Å². The fraction of sp³-hybridized carbons (Fsp3) is 0.600. The van der Waals surface area contributed by atoms with Gasteiger partial charge >= 0.3 is 0 Å². The van der Waals surface area contributed by atoms with Crippen LogP contribution in [0.1, 0.15) is 63.3 Å². The minimum atomic E-state index is -0.569. The number of hydrogen-bond donors (Lipinski definition) is 2. The Morgan fingerprint density at radius 1 is 1.24 bits per heavy atom. The van der Waals surface area contributed by atoms with Crippen molar-refractivity contribution in [2.45, 2.75) is 59.0 Å². The monoisotopic (exact) mass is 236 g/mol. The number of hydrogen-bond acceptors (Lipinski definition) is 2. The topological polar surface area (TPSA) is 40.5 Å². The highest BCUT2D eigenvalue weighted by Gasteiger charge is 2.23. The predicted octanol–water partition coefficient (Wildman–Crippen LogP) is 3.83. The molecule has 1 rings (SSSR count). The molecule has 0 aliphatic rings. The quantitative estimate of drug-likeness (QED) is 0.837. The molecule has 1 aromatic carbocycles. The van der Waals surface area contributed by atoms with Gasteiger partial charge in [-0.1, -0.05) is 45.7 Å². The third-order valence-corrected chi connectivity index (χ3v) is 3.01. The van der Waals surface area contributed by atoms with E-state index in [2.05, 4.69) is 20.8 Å². The van der Waals surface area contributed by atoms with Crippen LogP contribution in [0.4, 0.5) is 0 Å². The Morgan fingerprint density at radius 2 is 1.82 bits per heavy atom. The van der Waals surface area contributed by atoms with Gasteiger partial charge in [0.05, 0.1) is 6.10 Å². The van der Waals surface area contributed by atoms with E-state index in [0.717, 1.165) is 17.5 Å². The second-order valence-electron chi connectivity index (χ2n) is 5.80. The maximum atomic E-state index is 10.3. The molecule has 1 unspecified atom stereocenters. The van der Waals surface area contributed by atoms with Crippen molar-refractivity contribution in [1.82, 2.24) is 0 Å². The van der Waals surface area contributed by atoms with Crippen LogP contribution in [0.2, 0.25) is 0 Å². The number of benzene rings is 1. The highest BCUT2D eigenvalue weighted by Crippen LogP contribution is 2.37. The van der Waals surface area contributed by atoms with Gasteiger partial charge in [0, 0.05) is 5.56 Å². The number of aromatic hydroxyl groups is 1. The normalized spacial score (nSPS) is 13.8. The molecule has 0 saturated heterocycles. The zero-order valence-corrected chi connectivity index (χ0v) is 11.5. The fourth-order valence-electron chi connectivity index (χ4n) is 2.06. The van der Waals surface area contributed by atoms with Crippen LogP contribution in [0, 0.1) is 6.92 Å². The lowest BCUT2D eigenvalue weighted by Crippen LogP contribution is -2.13. The zero-order valence-electron chi connectivity index (χ0n) is 11.5. The second-order valence-corrected chi connectivity index (χ2v) is 5.80. The lowest BCUT2D eigenvalue weighted by atomic mass is 9.83. The number of rotatable bonds is 3. The van der Waals surface area contributed by atoms with Gasteiger partial charge in [-0.15, -0.1) is 0 Å². The third kappa shape index (κ3) is 3.22. The number of phenols is 1. The SMILES string of the molecule is CCCC(O)c1cc(C)cc(C(C)(C)C)c1O. The Hall–Kier alpha value is -1.02. The van der Waals surface area contributed by atoms with Crippen LogP contribution in [0.3, 0.4) is 0 Å². The number of phenolic OH excluding ortho intramolecular Hbond substituents is 1. The Balaban J connectivity index is 3.28. The minimum Gasteiger partial charge on any atom is -0.507 e. The summed E-state index contributed by atoms with van der Waals surface area (Å²) in [6, 6.07) is 3.88. The van der Waals surface area contributed by atoms with Crippen molar-refractivity contribution in [1.29, 1.82) is 0 Å². The Bertz CT molecular complexity index is 389. The molecule has 1 atom stereocenters. The molecule has 2 heteroatoms. The average molecular weight is 236 g/mol. The van der Waals surface area contributed by atoms with Crippen molar-refractivity contribution < 1.29 is 10.2 Å². The van der Waals surface area contributed by atoms with E-state index in [-0.39, 0.29) is 11.2 Å². The van der Waals surface area contributed by atoms with E-state index in [1.165, 1.54) is 0 Å². The van der Waals surface area contributed by atoms with E-state index in [1.54, 1.807) is 0 Å². The van der Waals surface area contributed by atoms with Gasteiger partial charge in [0.1, 0.15) is 5.75 Å². The molecule has 0 saturated carbocycles. The Kier molecular flexibility index (Phi) is 4.21. The number of aliphatic hydroxyl groups excluding tert-OH is 1. The first kappa shape index (κ1) is 14.0. The van der Waals surface area contributed by atoms with Gasteiger partial charge < -0.3 is 10.2 Å². The lowest BCUT2D eigenvalue weighted by molar-refractivity contribution is 0.162. The van der Waals surface area contributed by atoms with E-state index in [4.69, 9.17) is 0 Å². The molecule has 0 spiro atoms. The van der Waals surface area contributed by atoms with E-state index in [1.807, 2.05) is 26.0 Å². The largest absolute Gasteiger partial charge is 0.507 e. The highest BCUT2D eigenvalue weighted by molar-refractivity contribution is 5.47. The van der Waals surface area contributed by atoms with E-state index >= 15 is 0 Å². The summed E-state index contributed by atoms with van der Waals surface area (Å²) in [6.45, 7) is 10.2. The fourth-order valence-corrected chi connectivity index (χ4v) is 2.06. The van der Waals surface area contributed by atoms with Gasteiger partial charge in [-0.25, -0.2) is 0 Å². The summed E-state index contributed by atoms with van der Waals surface area (Å²) in [6.07, 6.45) is 1.01. The zero-order chi connectivity index (χ0) is 13.2. The summed E-state index contributed by atoms with van der Waals surface area (Å²) in [4.78, 5) is 0. The first-order valence-electron chi connectivity index (χ1n) is 6.29. The Labute approximate surface area is 104 Å². The number of aliphatic hydroxyl groups is 1. The summed E-state index contributed by atoms with van der Waals surface area (Å²) >= 11 is 0. The molecule has 0 fully saturated rings. The van der Waals surface area contributed by atoms with Crippen LogP contribution in [-0.2, 0) is 5.41 Å². The molecule has 0 aromatic heterocycles. The van der Waals surface area contributed by atoms with E-state index in [9.17, 15) is 10.2 Å². The molecule has 2 nitrogen and oxygen atoms in total.